The van der Waals surface area contributed by atoms with Gasteiger partial charge in [-0.3, -0.25) is 9.69 Å². The Morgan fingerprint density at radius 1 is 1.35 bits per heavy atom. The topological polar surface area (TPSA) is 111 Å². The monoisotopic (exact) mass is 446 g/mol. The van der Waals surface area contributed by atoms with E-state index in [1.807, 2.05) is 31.7 Å². The molecule has 0 bridgehead atoms. The highest BCUT2D eigenvalue weighted by molar-refractivity contribution is 7.99. The van der Waals surface area contributed by atoms with Crippen LogP contribution in [-0.4, -0.2) is 82.3 Å². The number of carbonyl (C=O) groups is 2. The fraction of sp³-hybridized carbons (Fsp3) is 0.619. The molecule has 0 spiro atoms. The summed E-state index contributed by atoms with van der Waals surface area (Å²) in [6.45, 7) is 7.91. The number of nitrogens with one attached hydrogen (secondary N) is 2. The zero-order valence-corrected chi connectivity index (χ0v) is 19.1. The van der Waals surface area contributed by atoms with Crippen LogP contribution in [0.4, 0.5) is 10.6 Å². The summed E-state index contributed by atoms with van der Waals surface area (Å²) < 4.78 is 5.56. The van der Waals surface area contributed by atoms with Crippen LogP contribution < -0.4 is 10.6 Å². The minimum Gasteiger partial charge on any atom is -0.444 e. The first-order valence-electron chi connectivity index (χ1n) is 10.5. The number of likely N-dealkylation sites (tertiary alicyclic amines) is 1. The van der Waals surface area contributed by atoms with Crippen molar-refractivity contribution in [2.24, 2.45) is 0 Å². The van der Waals surface area contributed by atoms with Gasteiger partial charge in [-0.15, -0.1) is 11.8 Å². The maximum Gasteiger partial charge on any atom is 0.411 e. The molecule has 2 atom stereocenters. The van der Waals surface area contributed by atoms with Gasteiger partial charge in [0.15, 0.2) is 0 Å². The number of ether oxygens (including phenoxy) is 1. The van der Waals surface area contributed by atoms with Crippen LogP contribution in [0.5, 0.6) is 0 Å². The first-order chi connectivity index (χ1) is 14.8. The van der Waals surface area contributed by atoms with E-state index in [2.05, 4.69) is 15.6 Å². The van der Waals surface area contributed by atoms with E-state index in [4.69, 9.17) is 10.00 Å². The summed E-state index contributed by atoms with van der Waals surface area (Å²) in [5.74, 6) is 2.31. The Bertz CT molecular complexity index is 814. The van der Waals surface area contributed by atoms with Crippen LogP contribution in [0.3, 0.4) is 0 Å². The van der Waals surface area contributed by atoms with Crippen LogP contribution in [0.15, 0.2) is 18.3 Å². The summed E-state index contributed by atoms with van der Waals surface area (Å²) in [5.41, 5.74) is -0.0958. The van der Waals surface area contributed by atoms with Gasteiger partial charge in [-0.25, -0.2) is 9.78 Å². The van der Waals surface area contributed by atoms with Gasteiger partial charge in [-0.05, 0) is 39.3 Å². The van der Waals surface area contributed by atoms with Gasteiger partial charge in [0.25, 0.3) is 0 Å². The summed E-state index contributed by atoms with van der Waals surface area (Å²) in [5, 5.41) is 15.5. The zero-order valence-electron chi connectivity index (χ0n) is 18.3. The maximum atomic E-state index is 13.0. The van der Waals surface area contributed by atoms with E-state index in [1.165, 1.54) is 6.20 Å². The molecular weight excluding hydrogens is 416 g/mol. The molecule has 3 rings (SSSR count). The molecule has 0 aliphatic carbocycles. The SMILES string of the molecule is CC(C)(C)OC(=O)N1C[C@@H](NCCNc2ccc(C#N)cn2)C[C@H]1C(=O)N1CCSC1. The van der Waals surface area contributed by atoms with E-state index in [1.54, 1.807) is 28.8 Å². The van der Waals surface area contributed by atoms with E-state index >= 15 is 0 Å². The largest absolute Gasteiger partial charge is 0.444 e. The lowest BCUT2D eigenvalue weighted by Gasteiger charge is -2.29. The highest BCUT2D eigenvalue weighted by atomic mass is 32.2. The van der Waals surface area contributed by atoms with Crippen molar-refractivity contribution in [3.8, 4) is 6.07 Å². The lowest BCUT2D eigenvalue weighted by molar-refractivity contribution is -0.134. The van der Waals surface area contributed by atoms with Gasteiger partial charge >= 0.3 is 6.09 Å². The number of anilines is 1. The molecule has 1 aromatic rings. The van der Waals surface area contributed by atoms with Crippen molar-refractivity contribution in [2.75, 3.05) is 43.1 Å². The molecule has 2 N–H and O–H groups in total. The smallest absolute Gasteiger partial charge is 0.411 e. The Morgan fingerprint density at radius 2 is 2.16 bits per heavy atom. The van der Waals surface area contributed by atoms with Crippen molar-refractivity contribution >= 4 is 29.6 Å². The second-order valence-corrected chi connectivity index (χ2v) is 9.72. The number of carbonyl (C=O) groups excluding carboxylic acids is 2. The minimum absolute atomic E-state index is 0.0000618. The second-order valence-electron chi connectivity index (χ2n) is 8.64. The van der Waals surface area contributed by atoms with Crippen LogP contribution in [0.25, 0.3) is 0 Å². The Kier molecular flexibility index (Phi) is 7.62. The van der Waals surface area contributed by atoms with Crippen LogP contribution in [0.2, 0.25) is 0 Å². The predicted octanol–water partition coefficient (Wildman–Crippen LogP) is 1.87. The van der Waals surface area contributed by atoms with Gasteiger partial charge in [-0.1, -0.05) is 0 Å². The second kappa shape index (κ2) is 10.2. The van der Waals surface area contributed by atoms with Gasteiger partial charge in [-0.2, -0.15) is 5.26 Å². The van der Waals surface area contributed by atoms with Gasteiger partial charge < -0.3 is 20.3 Å². The number of amides is 2. The third-order valence-corrected chi connectivity index (χ3v) is 6.00. The molecule has 2 aliphatic rings. The average molecular weight is 447 g/mol. The Balaban J connectivity index is 1.54. The number of nitriles is 1. The lowest BCUT2D eigenvalue weighted by Crippen LogP contribution is -2.48. The van der Waals surface area contributed by atoms with Crippen molar-refractivity contribution < 1.29 is 14.3 Å². The molecule has 3 heterocycles. The van der Waals surface area contributed by atoms with E-state index < -0.39 is 17.7 Å². The van der Waals surface area contributed by atoms with Crippen LogP contribution in [-0.2, 0) is 9.53 Å². The maximum absolute atomic E-state index is 13.0. The van der Waals surface area contributed by atoms with Crippen molar-refractivity contribution in [1.82, 2.24) is 20.1 Å². The van der Waals surface area contributed by atoms with Gasteiger partial charge in [0.05, 0.1) is 11.4 Å². The molecule has 0 saturated carbocycles. The Hall–Kier alpha value is -2.51. The Labute approximate surface area is 187 Å². The summed E-state index contributed by atoms with van der Waals surface area (Å²) in [6.07, 6.45) is 1.65. The van der Waals surface area contributed by atoms with E-state index in [0.29, 0.717) is 43.3 Å². The number of aromatic nitrogens is 1. The average Bonchev–Trinajstić information content (AvgIpc) is 3.40. The number of hydrogen-bond acceptors (Lipinski definition) is 8. The fourth-order valence-corrected chi connectivity index (χ4v) is 4.53. The molecule has 2 aliphatic heterocycles. The summed E-state index contributed by atoms with van der Waals surface area (Å²) in [4.78, 5) is 33.4. The number of hydrogen-bond donors (Lipinski definition) is 2. The van der Waals surface area contributed by atoms with E-state index in [9.17, 15) is 9.59 Å². The van der Waals surface area contributed by atoms with E-state index in [-0.39, 0.29) is 11.9 Å². The molecule has 10 heteroatoms. The van der Waals surface area contributed by atoms with Gasteiger partial charge in [0.1, 0.15) is 23.5 Å². The normalized spacial score (nSPS) is 21.1. The molecule has 9 nitrogen and oxygen atoms in total. The van der Waals surface area contributed by atoms with Gasteiger partial charge in [0.2, 0.25) is 5.91 Å². The molecule has 31 heavy (non-hydrogen) atoms. The summed E-state index contributed by atoms with van der Waals surface area (Å²) in [6, 6.07) is 5.03. The first kappa shape index (κ1) is 23.2. The molecule has 1 aromatic heterocycles. The van der Waals surface area contributed by atoms with Crippen LogP contribution in [0, 0.1) is 11.3 Å². The molecule has 2 amide bonds. The van der Waals surface area contributed by atoms with Crippen molar-refractivity contribution in [3.63, 3.8) is 0 Å². The Morgan fingerprint density at radius 3 is 2.77 bits per heavy atom. The lowest BCUT2D eigenvalue weighted by atomic mass is 10.1. The summed E-state index contributed by atoms with van der Waals surface area (Å²) >= 11 is 1.73. The third-order valence-electron chi connectivity index (χ3n) is 5.04. The molecule has 0 unspecified atom stereocenters. The summed E-state index contributed by atoms with van der Waals surface area (Å²) in [7, 11) is 0. The fourth-order valence-electron chi connectivity index (χ4n) is 3.57. The number of rotatable bonds is 6. The highest BCUT2D eigenvalue weighted by Crippen LogP contribution is 2.25. The molecule has 168 valence electrons. The highest BCUT2D eigenvalue weighted by Gasteiger charge is 2.43. The van der Waals surface area contributed by atoms with Crippen LogP contribution in [0.1, 0.15) is 32.8 Å². The van der Waals surface area contributed by atoms with Crippen LogP contribution >= 0.6 is 11.8 Å². The standard InChI is InChI=1S/C21H30N6O3S/c1-21(2,3)30-20(29)27-13-16(10-17(27)19(28)26-8-9-31-14-26)23-6-7-24-18-5-4-15(11-22)12-25-18/h4-5,12,16-17,23H,6-10,13-14H2,1-3H3,(H,24,25)/t16-,17-/m0/s1. The minimum atomic E-state index is -0.613. The molecule has 2 saturated heterocycles. The van der Waals surface area contributed by atoms with Crippen molar-refractivity contribution in [3.05, 3.63) is 23.9 Å². The quantitative estimate of drug-likeness (QED) is 0.637. The molecular formula is C21H30N6O3S. The van der Waals surface area contributed by atoms with E-state index in [0.717, 1.165) is 12.3 Å². The number of nitrogens with zero attached hydrogens (tertiary/aromatic N) is 4. The van der Waals surface area contributed by atoms with Gasteiger partial charge in [0, 0.05) is 44.2 Å². The van der Waals surface area contributed by atoms with Crippen molar-refractivity contribution in [2.45, 2.75) is 44.9 Å². The predicted molar refractivity (Wildman–Crippen MR) is 120 cm³/mol. The molecule has 2 fully saturated rings. The molecule has 0 radical (unpaired) electrons. The zero-order chi connectivity index (χ0) is 22.4. The third kappa shape index (κ3) is 6.48. The first-order valence-corrected chi connectivity index (χ1v) is 11.6. The number of pyridine rings is 1. The molecule has 0 aromatic carbocycles. The number of thioether (sulfide) groups is 1. The van der Waals surface area contributed by atoms with Crippen molar-refractivity contribution in [1.29, 1.82) is 5.26 Å².